The first-order chi connectivity index (χ1) is 27.5. The normalized spacial score (nSPS) is 12.9. The molecule has 7 rings (SSSR count). The van der Waals surface area contributed by atoms with Gasteiger partial charge in [-0.1, -0.05) is 207 Å². The fourth-order valence-corrected chi connectivity index (χ4v) is 7.66. The molecule has 0 radical (unpaired) electrons. The van der Waals surface area contributed by atoms with Crippen molar-refractivity contribution in [2.24, 2.45) is 0 Å². The zero-order valence-corrected chi connectivity index (χ0v) is 32.7. The van der Waals surface area contributed by atoms with Gasteiger partial charge >= 0.3 is 0 Å². The van der Waals surface area contributed by atoms with E-state index in [4.69, 9.17) is 0 Å². The van der Waals surface area contributed by atoms with Gasteiger partial charge in [0, 0.05) is 0 Å². The van der Waals surface area contributed by atoms with Gasteiger partial charge in [-0.15, -0.1) is 0 Å². The third-order valence-corrected chi connectivity index (χ3v) is 10.5. The van der Waals surface area contributed by atoms with Gasteiger partial charge in [0.15, 0.2) is 0 Å². The molecule has 0 saturated heterocycles. The van der Waals surface area contributed by atoms with E-state index in [9.17, 15) is 0 Å². The molecule has 272 valence electrons. The molecule has 0 amide bonds. The smallest absolute Gasteiger partial charge is 0.00261 e. The molecule has 0 aliphatic heterocycles. The molecule has 0 aliphatic carbocycles. The van der Waals surface area contributed by atoms with Crippen LogP contribution in [-0.4, -0.2) is 0 Å². The van der Waals surface area contributed by atoms with E-state index in [0.717, 1.165) is 55.8 Å². The van der Waals surface area contributed by atoms with Gasteiger partial charge in [-0.05, 0) is 126 Å². The highest BCUT2D eigenvalue weighted by atomic mass is 14.2. The molecule has 0 atom stereocenters. The Labute approximate surface area is 332 Å². The fraction of sp³-hybridized carbons (Fsp3) is 0.0714. The predicted molar refractivity (Wildman–Crippen MR) is 246 cm³/mol. The van der Waals surface area contributed by atoms with Gasteiger partial charge in [0.1, 0.15) is 0 Å². The van der Waals surface area contributed by atoms with E-state index in [1.54, 1.807) is 0 Å². The van der Waals surface area contributed by atoms with E-state index in [1.807, 2.05) is 19.1 Å². The van der Waals surface area contributed by atoms with Crippen molar-refractivity contribution in [3.63, 3.8) is 0 Å². The van der Waals surface area contributed by atoms with E-state index in [1.165, 1.54) is 43.8 Å². The van der Waals surface area contributed by atoms with Crippen molar-refractivity contribution < 1.29 is 0 Å². The van der Waals surface area contributed by atoms with Crippen LogP contribution in [0.1, 0.15) is 47.2 Å². The van der Waals surface area contributed by atoms with Gasteiger partial charge in [-0.2, -0.15) is 0 Å². The molecule has 0 bridgehead atoms. The van der Waals surface area contributed by atoms with Crippen LogP contribution in [-0.2, 0) is 6.42 Å². The Morgan fingerprint density at radius 1 is 0.607 bits per heavy atom. The largest absolute Gasteiger partial charge is 0.0911 e. The molecule has 0 heteroatoms. The van der Waals surface area contributed by atoms with Gasteiger partial charge < -0.3 is 0 Å². The van der Waals surface area contributed by atoms with E-state index >= 15 is 0 Å². The summed E-state index contributed by atoms with van der Waals surface area (Å²) in [4.78, 5) is 0. The summed E-state index contributed by atoms with van der Waals surface area (Å²) in [6, 6.07) is 52.3. The van der Waals surface area contributed by atoms with E-state index in [-0.39, 0.29) is 0 Å². The number of rotatable bonds is 11. The summed E-state index contributed by atoms with van der Waals surface area (Å²) in [5.41, 5.74) is 13.0. The van der Waals surface area contributed by atoms with Crippen LogP contribution in [0.25, 0.3) is 56.5 Å². The standard InChI is InChI=1S/C56H48/c1-6-8-9-10-12-24-44-25-17-18-29-48(44)55(45-26-13-11-14-27-45)53-39-47(37-35-41(53)4)56-51-32-21-19-30-49(51)54(50-31-20-22-33-52(50)56)42(5)34-36-43(7-2)38-46-28-16-15-23-40(46)3/h6-37,39H,4-5,38H2,1-3H3/b8-6+,10-9-,24-12-,36-34-,43-7+,55-53-. The number of fused-ring (bicyclic) bond motifs is 2. The van der Waals surface area contributed by atoms with Gasteiger partial charge in [0.25, 0.3) is 0 Å². The molecular formula is C56H48. The highest BCUT2D eigenvalue weighted by Gasteiger charge is 2.17. The Kier molecular flexibility index (Phi) is 11.8. The summed E-state index contributed by atoms with van der Waals surface area (Å²) in [6.07, 6.45) is 20.0. The summed E-state index contributed by atoms with van der Waals surface area (Å²) in [7, 11) is 0. The van der Waals surface area contributed by atoms with Crippen molar-refractivity contribution in [1.29, 1.82) is 0 Å². The minimum Gasteiger partial charge on any atom is -0.0911 e. The van der Waals surface area contributed by atoms with Gasteiger partial charge in [0.2, 0.25) is 0 Å². The maximum absolute atomic E-state index is 4.68. The van der Waals surface area contributed by atoms with Crippen LogP contribution in [0.3, 0.4) is 0 Å². The second-order valence-corrected chi connectivity index (χ2v) is 14.1. The zero-order chi connectivity index (χ0) is 38.9. The van der Waals surface area contributed by atoms with Crippen LogP contribution >= 0.6 is 0 Å². The molecule has 7 aromatic carbocycles. The van der Waals surface area contributed by atoms with Crippen LogP contribution in [0, 0.1) is 6.92 Å². The molecule has 56 heavy (non-hydrogen) atoms. The first-order valence-electron chi connectivity index (χ1n) is 19.4. The maximum atomic E-state index is 4.68. The molecule has 0 fully saturated rings. The Morgan fingerprint density at radius 3 is 1.93 bits per heavy atom. The maximum Gasteiger partial charge on any atom is -0.00261 e. The summed E-state index contributed by atoms with van der Waals surface area (Å²) in [6.45, 7) is 15.6. The Morgan fingerprint density at radius 2 is 1.23 bits per heavy atom. The average Bonchev–Trinajstić information content (AvgIpc) is 3.23. The Bertz CT molecular complexity index is 2760. The van der Waals surface area contributed by atoms with Crippen molar-refractivity contribution in [3.05, 3.63) is 250 Å². The first-order valence-corrected chi connectivity index (χ1v) is 19.4. The van der Waals surface area contributed by atoms with Crippen LogP contribution in [0.4, 0.5) is 0 Å². The molecule has 0 nitrogen and oxygen atoms in total. The van der Waals surface area contributed by atoms with E-state index in [2.05, 4.69) is 215 Å². The van der Waals surface area contributed by atoms with Gasteiger partial charge in [-0.25, -0.2) is 0 Å². The second kappa shape index (κ2) is 17.6. The summed E-state index contributed by atoms with van der Waals surface area (Å²) in [5, 5.41) is 6.85. The third kappa shape index (κ3) is 8.02. The highest BCUT2D eigenvalue weighted by Crippen LogP contribution is 2.41. The number of aryl methyl sites for hydroxylation is 1. The second-order valence-electron chi connectivity index (χ2n) is 14.1. The summed E-state index contributed by atoms with van der Waals surface area (Å²) < 4.78 is 0. The first kappa shape index (κ1) is 37.6. The molecular weight excluding hydrogens is 673 g/mol. The van der Waals surface area contributed by atoms with Gasteiger partial charge in [0.05, 0.1) is 0 Å². The van der Waals surface area contributed by atoms with Crippen LogP contribution in [0.2, 0.25) is 0 Å². The van der Waals surface area contributed by atoms with Crippen molar-refractivity contribution in [1.82, 2.24) is 0 Å². The molecule has 0 spiro atoms. The molecule has 0 saturated carbocycles. The monoisotopic (exact) mass is 720 g/mol. The highest BCUT2D eigenvalue weighted by molar-refractivity contribution is 6.19. The number of benzene rings is 7. The topological polar surface area (TPSA) is 0 Å². The minimum absolute atomic E-state index is 0.883. The quantitative estimate of drug-likeness (QED) is 0.0922. The third-order valence-electron chi connectivity index (χ3n) is 10.5. The van der Waals surface area contributed by atoms with Crippen LogP contribution in [0.15, 0.2) is 206 Å². The fourth-order valence-electron chi connectivity index (χ4n) is 7.66. The Hall–Kier alpha value is -6.76. The molecule has 0 aliphatic rings. The number of hydrogen-bond acceptors (Lipinski definition) is 0. The lowest BCUT2D eigenvalue weighted by Crippen LogP contribution is -2.27. The van der Waals surface area contributed by atoms with Crippen LogP contribution in [0.5, 0.6) is 0 Å². The van der Waals surface area contributed by atoms with E-state index < -0.39 is 0 Å². The molecule has 0 aromatic heterocycles. The summed E-state index contributed by atoms with van der Waals surface area (Å²) >= 11 is 0. The Balaban J connectivity index is 1.43. The number of allylic oxidation sites excluding steroid dienone is 10. The van der Waals surface area contributed by atoms with Crippen molar-refractivity contribution >= 4 is 45.3 Å². The van der Waals surface area contributed by atoms with E-state index in [0.29, 0.717) is 0 Å². The van der Waals surface area contributed by atoms with Crippen molar-refractivity contribution in [3.8, 4) is 11.1 Å². The molecule has 0 heterocycles. The zero-order valence-electron chi connectivity index (χ0n) is 32.7. The summed E-state index contributed by atoms with van der Waals surface area (Å²) in [5.74, 6) is 0. The number of hydrogen-bond donors (Lipinski definition) is 0. The van der Waals surface area contributed by atoms with Gasteiger partial charge in [-0.3, -0.25) is 0 Å². The lowest BCUT2D eigenvalue weighted by atomic mass is 9.85. The average molecular weight is 721 g/mol. The minimum atomic E-state index is 0.883. The lowest BCUT2D eigenvalue weighted by Gasteiger charge is -2.18. The van der Waals surface area contributed by atoms with Crippen molar-refractivity contribution in [2.45, 2.75) is 27.2 Å². The molecule has 0 unspecified atom stereocenters. The van der Waals surface area contributed by atoms with Crippen molar-refractivity contribution in [2.75, 3.05) is 0 Å². The molecule has 7 aromatic rings. The SMILES string of the molecule is C=C(/C=C\C(=C/C)Cc1ccccc1C)c1c2ccccc2c(-c2ccc(=C)/c(=C(/c3ccccc3)c3ccccc3\C=C/C=C\C=C\C)c2)c2ccccc12. The van der Waals surface area contributed by atoms with Crippen LogP contribution < -0.4 is 10.4 Å². The predicted octanol–water partition coefficient (Wildman–Crippen LogP) is 13.5. The molecule has 0 N–H and O–H groups in total. The lowest BCUT2D eigenvalue weighted by molar-refractivity contribution is 1.15.